The highest BCUT2D eigenvalue weighted by Crippen LogP contribution is 2.50. The van der Waals surface area contributed by atoms with Crippen LogP contribution < -0.4 is 5.32 Å². The number of carbonyl (C=O) groups is 1. The first-order chi connectivity index (χ1) is 10.1. The molecule has 1 amide bonds. The minimum absolute atomic E-state index is 0.0493. The molecule has 3 nitrogen and oxygen atoms in total. The van der Waals surface area contributed by atoms with Gasteiger partial charge in [-0.05, 0) is 55.0 Å². The van der Waals surface area contributed by atoms with E-state index in [1.54, 1.807) is 11.3 Å². The zero-order valence-corrected chi connectivity index (χ0v) is 14.1. The van der Waals surface area contributed by atoms with Crippen molar-refractivity contribution in [2.45, 2.75) is 52.4 Å². The van der Waals surface area contributed by atoms with Gasteiger partial charge >= 0.3 is 0 Å². The van der Waals surface area contributed by atoms with Crippen LogP contribution in [0.2, 0.25) is 0 Å². The molecule has 0 aromatic carbocycles. The first-order valence-electron chi connectivity index (χ1n) is 7.99. The lowest BCUT2D eigenvalue weighted by molar-refractivity contribution is -0.123. The first kappa shape index (κ1) is 16.5. The van der Waals surface area contributed by atoms with Crippen molar-refractivity contribution < 1.29 is 9.90 Å². The SMILES string of the molecule is CCC(CC)(CCO)CNC(=O)C1CC1c1sccc1C. The lowest BCUT2D eigenvalue weighted by Gasteiger charge is -2.31. The van der Waals surface area contributed by atoms with E-state index in [9.17, 15) is 9.90 Å². The van der Waals surface area contributed by atoms with Gasteiger partial charge in [0, 0.05) is 29.9 Å². The smallest absolute Gasteiger partial charge is 0.223 e. The van der Waals surface area contributed by atoms with Crippen molar-refractivity contribution in [3.8, 4) is 0 Å². The Labute approximate surface area is 131 Å². The number of nitrogens with one attached hydrogen (secondary N) is 1. The highest BCUT2D eigenvalue weighted by Gasteiger charge is 2.45. The molecular weight excluding hydrogens is 282 g/mol. The Hall–Kier alpha value is -0.870. The van der Waals surface area contributed by atoms with Crippen molar-refractivity contribution in [1.29, 1.82) is 0 Å². The molecule has 0 bridgehead atoms. The van der Waals surface area contributed by atoms with Crippen LogP contribution in [0.4, 0.5) is 0 Å². The fourth-order valence-electron chi connectivity index (χ4n) is 3.12. The van der Waals surface area contributed by atoms with E-state index in [1.807, 2.05) is 0 Å². The van der Waals surface area contributed by atoms with E-state index in [2.05, 4.69) is 37.5 Å². The van der Waals surface area contributed by atoms with Crippen molar-refractivity contribution in [1.82, 2.24) is 5.32 Å². The number of aliphatic hydroxyl groups excluding tert-OH is 1. The van der Waals surface area contributed by atoms with Crippen molar-refractivity contribution in [2.75, 3.05) is 13.2 Å². The molecule has 21 heavy (non-hydrogen) atoms. The maximum Gasteiger partial charge on any atom is 0.223 e. The second-order valence-corrected chi connectivity index (χ2v) is 7.26. The van der Waals surface area contributed by atoms with Gasteiger partial charge in [0.15, 0.2) is 0 Å². The van der Waals surface area contributed by atoms with Crippen LogP contribution in [0.1, 0.15) is 55.9 Å². The molecule has 2 unspecified atom stereocenters. The molecule has 118 valence electrons. The molecule has 0 saturated heterocycles. The van der Waals surface area contributed by atoms with Gasteiger partial charge in [0.05, 0.1) is 0 Å². The fraction of sp³-hybridized carbons (Fsp3) is 0.706. The number of rotatable bonds is 8. The summed E-state index contributed by atoms with van der Waals surface area (Å²) in [6, 6.07) is 2.13. The minimum atomic E-state index is 0.0493. The molecular formula is C17H27NO2S. The summed E-state index contributed by atoms with van der Waals surface area (Å²) in [6.45, 7) is 7.28. The number of hydrogen-bond acceptors (Lipinski definition) is 3. The third-order valence-corrected chi connectivity index (χ3v) is 6.30. The van der Waals surface area contributed by atoms with Crippen LogP contribution in [-0.4, -0.2) is 24.2 Å². The van der Waals surface area contributed by atoms with Gasteiger partial charge < -0.3 is 10.4 Å². The van der Waals surface area contributed by atoms with Crippen LogP contribution in [0.3, 0.4) is 0 Å². The van der Waals surface area contributed by atoms with Gasteiger partial charge in [-0.25, -0.2) is 0 Å². The van der Waals surface area contributed by atoms with Gasteiger partial charge in [-0.15, -0.1) is 11.3 Å². The Bertz CT molecular complexity index is 479. The second kappa shape index (κ2) is 6.93. The van der Waals surface area contributed by atoms with E-state index in [0.29, 0.717) is 12.5 Å². The Balaban J connectivity index is 1.87. The van der Waals surface area contributed by atoms with Crippen LogP contribution >= 0.6 is 11.3 Å². The molecule has 0 radical (unpaired) electrons. The van der Waals surface area contributed by atoms with Gasteiger partial charge in [0.2, 0.25) is 5.91 Å². The molecule has 2 atom stereocenters. The fourth-order valence-corrected chi connectivity index (χ4v) is 4.23. The van der Waals surface area contributed by atoms with Gasteiger partial charge in [0.25, 0.3) is 0 Å². The molecule has 4 heteroatoms. The summed E-state index contributed by atoms with van der Waals surface area (Å²) in [6.07, 6.45) is 3.72. The number of hydrogen-bond donors (Lipinski definition) is 2. The zero-order valence-electron chi connectivity index (χ0n) is 13.3. The molecule has 1 heterocycles. The molecule has 0 aliphatic heterocycles. The molecule has 2 N–H and O–H groups in total. The minimum Gasteiger partial charge on any atom is -0.396 e. The summed E-state index contributed by atoms with van der Waals surface area (Å²) in [4.78, 5) is 13.7. The van der Waals surface area contributed by atoms with Gasteiger partial charge in [-0.2, -0.15) is 0 Å². The molecule has 1 aromatic heterocycles. The van der Waals surface area contributed by atoms with E-state index in [4.69, 9.17) is 0 Å². The number of thiophene rings is 1. The normalized spacial score (nSPS) is 21.3. The van der Waals surface area contributed by atoms with Crippen LogP contribution in [0.25, 0.3) is 0 Å². The van der Waals surface area contributed by atoms with Crippen LogP contribution in [0.5, 0.6) is 0 Å². The highest BCUT2D eigenvalue weighted by molar-refractivity contribution is 7.10. The lowest BCUT2D eigenvalue weighted by Crippen LogP contribution is -2.38. The summed E-state index contributed by atoms with van der Waals surface area (Å²) in [7, 11) is 0. The predicted octanol–water partition coefficient (Wildman–Crippen LogP) is 3.47. The van der Waals surface area contributed by atoms with E-state index in [0.717, 1.165) is 25.7 Å². The molecule has 2 rings (SSSR count). The van der Waals surface area contributed by atoms with Gasteiger partial charge in [0.1, 0.15) is 0 Å². The summed E-state index contributed by atoms with van der Waals surface area (Å²) >= 11 is 1.77. The molecule has 1 fully saturated rings. The van der Waals surface area contributed by atoms with Crippen molar-refractivity contribution in [3.63, 3.8) is 0 Å². The topological polar surface area (TPSA) is 49.3 Å². The average Bonchev–Trinajstić information content (AvgIpc) is 3.18. The van der Waals surface area contributed by atoms with Crippen LogP contribution in [0, 0.1) is 18.3 Å². The number of aryl methyl sites for hydroxylation is 1. The van der Waals surface area contributed by atoms with Crippen molar-refractivity contribution in [2.24, 2.45) is 11.3 Å². The number of carbonyl (C=O) groups excluding carboxylic acids is 1. The zero-order chi connectivity index (χ0) is 15.5. The summed E-state index contributed by atoms with van der Waals surface area (Å²) < 4.78 is 0. The Morgan fingerprint density at radius 1 is 1.48 bits per heavy atom. The van der Waals surface area contributed by atoms with Crippen LogP contribution in [0.15, 0.2) is 11.4 Å². The monoisotopic (exact) mass is 309 g/mol. The molecule has 1 aromatic rings. The maximum absolute atomic E-state index is 12.3. The molecule has 1 aliphatic rings. The summed E-state index contributed by atoms with van der Waals surface area (Å²) in [5, 5.41) is 14.5. The Kier molecular flexibility index (Phi) is 5.44. The quantitative estimate of drug-likeness (QED) is 0.772. The van der Waals surface area contributed by atoms with E-state index in [1.165, 1.54) is 10.4 Å². The largest absolute Gasteiger partial charge is 0.396 e. The van der Waals surface area contributed by atoms with Gasteiger partial charge in [-0.1, -0.05) is 13.8 Å². The third-order valence-electron chi connectivity index (χ3n) is 5.15. The third kappa shape index (κ3) is 3.67. The Morgan fingerprint density at radius 2 is 2.19 bits per heavy atom. The van der Waals surface area contributed by atoms with Crippen molar-refractivity contribution >= 4 is 17.2 Å². The van der Waals surface area contributed by atoms with E-state index >= 15 is 0 Å². The maximum atomic E-state index is 12.3. The molecule has 1 saturated carbocycles. The molecule has 1 aliphatic carbocycles. The van der Waals surface area contributed by atoms with Crippen molar-refractivity contribution in [3.05, 3.63) is 21.9 Å². The molecule has 0 spiro atoms. The van der Waals surface area contributed by atoms with Crippen LogP contribution in [-0.2, 0) is 4.79 Å². The predicted molar refractivity (Wildman–Crippen MR) is 87.6 cm³/mol. The summed E-state index contributed by atoms with van der Waals surface area (Å²) in [5.41, 5.74) is 1.37. The van der Waals surface area contributed by atoms with E-state index < -0.39 is 0 Å². The first-order valence-corrected chi connectivity index (χ1v) is 8.87. The standard InChI is InChI=1S/C17H27NO2S/c1-4-17(5-2,7-8-19)11-18-16(20)14-10-13(14)15-12(3)6-9-21-15/h6,9,13-14,19H,4-5,7-8,10-11H2,1-3H3,(H,18,20). The lowest BCUT2D eigenvalue weighted by atomic mass is 9.79. The number of amides is 1. The number of aliphatic hydroxyl groups is 1. The van der Waals surface area contributed by atoms with E-state index in [-0.39, 0.29) is 23.8 Å². The average molecular weight is 309 g/mol. The summed E-state index contributed by atoms with van der Waals surface area (Å²) in [5.74, 6) is 0.778. The Morgan fingerprint density at radius 3 is 2.71 bits per heavy atom. The second-order valence-electron chi connectivity index (χ2n) is 6.32. The highest BCUT2D eigenvalue weighted by atomic mass is 32.1. The van der Waals surface area contributed by atoms with Gasteiger partial charge in [-0.3, -0.25) is 4.79 Å².